The number of nitrogens with zero attached hydrogens (tertiary/aromatic N) is 4. The highest BCUT2D eigenvalue weighted by molar-refractivity contribution is 5.65. The number of rotatable bonds is 7. The van der Waals surface area contributed by atoms with Gasteiger partial charge in [0.1, 0.15) is 5.82 Å². The number of aromatic nitrogens is 3. The molecule has 0 amide bonds. The molecule has 6 nitrogen and oxygen atoms in total. The smallest absolute Gasteiger partial charge is 0.225 e. The van der Waals surface area contributed by atoms with Crippen LogP contribution < -0.4 is 10.6 Å². The third-order valence-corrected chi connectivity index (χ3v) is 3.54. The number of hydrogen-bond donors (Lipinski definition) is 2. The monoisotopic (exact) mass is 334 g/mol. The predicted molar refractivity (Wildman–Crippen MR) is 102 cm³/mol. The highest BCUT2D eigenvalue weighted by Crippen LogP contribution is 2.22. The van der Waals surface area contributed by atoms with Crippen LogP contribution in [0.2, 0.25) is 0 Å². The van der Waals surface area contributed by atoms with Crippen LogP contribution >= 0.6 is 0 Å². The maximum atomic E-state index is 4.60. The van der Waals surface area contributed by atoms with Gasteiger partial charge in [0.2, 0.25) is 5.95 Å². The molecule has 1 aromatic carbocycles. The lowest BCUT2D eigenvalue weighted by atomic mass is 10.2. The molecular formula is C19H22N6. The van der Waals surface area contributed by atoms with E-state index in [0.29, 0.717) is 5.95 Å². The first-order valence-electron chi connectivity index (χ1n) is 8.22. The van der Waals surface area contributed by atoms with Gasteiger partial charge in [0, 0.05) is 31.0 Å². The summed E-state index contributed by atoms with van der Waals surface area (Å²) in [5, 5.41) is 6.61. The summed E-state index contributed by atoms with van der Waals surface area (Å²) in [6.45, 7) is 1.67. The Morgan fingerprint density at radius 2 is 1.72 bits per heavy atom. The number of anilines is 3. The van der Waals surface area contributed by atoms with Gasteiger partial charge < -0.3 is 15.5 Å². The number of pyridine rings is 1. The molecule has 0 aliphatic heterocycles. The summed E-state index contributed by atoms with van der Waals surface area (Å²) in [5.74, 6) is 1.32. The van der Waals surface area contributed by atoms with E-state index in [2.05, 4.69) is 30.5 Å². The van der Waals surface area contributed by atoms with Crippen LogP contribution in [0.25, 0.3) is 11.4 Å². The van der Waals surface area contributed by atoms with Crippen LogP contribution in [-0.2, 0) is 0 Å². The van der Waals surface area contributed by atoms with Gasteiger partial charge in [-0.25, -0.2) is 4.98 Å². The summed E-state index contributed by atoms with van der Waals surface area (Å²) < 4.78 is 0. The molecule has 0 atom stereocenters. The Morgan fingerprint density at radius 3 is 2.44 bits per heavy atom. The average molecular weight is 334 g/mol. The van der Waals surface area contributed by atoms with E-state index in [1.165, 1.54) is 0 Å². The van der Waals surface area contributed by atoms with E-state index >= 15 is 0 Å². The summed E-state index contributed by atoms with van der Waals surface area (Å²) in [6, 6.07) is 17.7. The molecule has 25 heavy (non-hydrogen) atoms. The summed E-state index contributed by atoms with van der Waals surface area (Å²) in [7, 11) is 4.07. The maximum absolute atomic E-state index is 4.60. The number of nitrogens with one attached hydrogen (secondary N) is 2. The number of benzene rings is 1. The minimum absolute atomic E-state index is 0.587. The Kier molecular flexibility index (Phi) is 5.53. The van der Waals surface area contributed by atoms with Crippen LogP contribution in [0.15, 0.2) is 60.8 Å². The van der Waals surface area contributed by atoms with Crippen molar-refractivity contribution in [2.24, 2.45) is 0 Å². The first kappa shape index (κ1) is 16.9. The standard InChI is InChI=1S/C19H22N6/c1-25(2)13-12-21-19-23-17(16-10-6-7-11-20-16)14-18(24-19)22-15-8-4-3-5-9-15/h3-11,14H,12-13H2,1-2H3,(H2,21,22,23,24). The molecule has 0 radical (unpaired) electrons. The van der Waals surface area contributed by atoms with Crippen molar-refractivity contribution < 1.29 is 0 Å². The second-order valence-corrected chi connectivity index (χ2v) is 5.90. The van der Waals surface area contributed by atoms with Crippen molar-refractivity contribution in [2.45, 2.75) is 0 Å². The van der Waals surface area contributed by atoms with Crippen molar-refractivity contribution in [1.29, 1.82) is 0 Å². The largest absolute Gasteiger partial charge is 0.353 e. The van der Waals surface area contributed by atoms with Gasteiger partial charge in [-0.3, -0.25) is 4.98 Å². The summed E-state index contributed by atoms with van der Waals surface area (Å²) in [4.78, 5) is 15.7. The van der Waals surface area contributed by atoms with Crippen molar-refractivity contribution in [3.63, 3.8) is 0 Å². The van der Waals surface area contributed by atoms with Crippen molar-refractivity contribution in [2.75, 3.05) is 37.8 Å². The van der Waals surface area contributed by atoms with E-state index in [1.54, 1.807) is 6.20 Å². The van der Waals surface area contributed by atoms with Gasteiger partial charge in [0.15, 0.2) is 0 Å². The quantitative estimate of drug-likeness (QED) is 0.691. The first-order chi connectivity index (χ1) is 12.2. The van der Waals surface area contributed by atoms with Crippen LogP contribution in [0.3, 0.4) is 0 Å². The van der Waals surface area contributed by atoms with Gasteiger partial charge >= 0.3 is 0 Å². The fraction of sp³-hybridized carbons (Fsp3) is 0.211. The van der Waals surface area contributed by atoms with Crippen molar-refractivity contribution in [1.82, 2.24) is 19.9 Å². The molecule has 128 valence electrons. The van der Waals surface area contributed by atoms with Crippen LogP contribution in [0.4, 0.5) is 17.5 Å². The number of likely N-dealkylation sites (N-methyl/N-ethyl adjacent to an activating group) is 1. The van der Waals surface area contributed by atoms with Gasteiger partial charge in [-0.2, -0.15) is 4.98 Å². The molecule has 2 aromatic heterocycles. The van der Waals surface area contributed by atoms with Gasteiger partial charge in [-0.15, -0.1) is 0 Å². The SMILES string of the molecule is CN(C)CCNc1nc(Nc2ccccc2)cc(-c2ccccn2)n1. The fourth-order valence-corrected chi connectivity index (χ4v) is 2.30. The zero-order valence-corrected chi connectivity index (χ0v) is 14.5. The highest BCUT2D eigenvalue weighted by atomic mass is 15.2. The Hall–Kier alpha value is -2.99. The van der Waals surface area contributed by atoms with Crippen molar-refractivity contribution in [3.05, 3.63) is 60.8 Å². The summed E-state index contributed by atoms with van der Waals surface area (Å²) in [6.07, 6.45) is 1.76. The second-order valence-electron chi connectivity index (χ2n) is 5.90. The number of para-hydroxylation sites is 1. The molecule has 0 aliphatic rings. The van der Waals surface area contributed by atoms with Gasteiger partial charge in [0.25, 0.3) is 0 Å². The zero-order chi connectivity index (χ0) is 17.5. The van der Waals surface area contributed by atoms with Crippen LogP contribution in [0.1, 0.15) is 0 Å². The van der Waals surface area contributed by atoms with Crippen molar-refractivity contribution in [3.8, 4) is 11.4 Å². The third kappa shape index (κ3) is 4.99. The predicted octanol–water partition coefficient (Wildman–Crippen LogP) is 3.26. The minimum atomic E-state index is 0.587. The Morgan fingerprint density at radius 1 is 0.920 bits per heavy atom. The first-order valence-corrected chi connectivity index (χ1v) is 8.22. The normalized spacial score (nSPS) is 10.7. The topological polar surface area (TPSA) is 66.0 Å². The molecule has 3 rings (SSSR count). The average Bonchev–Trinajstić information content (AvgIpc) is 2.63. The van der Waals surface area contributed by atoms with Gasteiger partial charge in [-0.1, -0.05) is 24.3 Å². The lowest BCUT2D eigenvalue weighted by molar-refractivity contribution is 0.425. The Bertz CT molecular complexity index is 790. The molecule has 0 bridgehead atoms. The molecule has 0 unspecified atom stereocenters. The Balaban J connectivity index is 1.87. The van der Waals surface area contributed by atoms with Gasteiger partial charge in [0.05, 0.1) is 11.4 Å². The highest BCUT2D eigenvalue weighted by Gasteiger charge is 2.08. The molecule has 6 heteroatoms. The second kappa shape index (κ2) is 8.21. The number of hydrogen-bond acceptors (Lipinski definition) is 6. The van der Waals surface area contributed by atoms with E-state index in [-0.39, 0.29) is 0 Å². The molecule has 3 aromatic rings. The summed E-state index contributed by atoms with van der Waals surface area (Å²) in [5.41, 5.74) is 2.57. The van der Waals surface area contributed by atoms with Crippen LogP contribution in [0.5, 0.6) is 0 Å². The van der Waals surface area contributed by atoms with E-state index in [4.69, 9.17) is 0 Å². The molecule has 2 N–H and O–H groups in total. The van der Waals surface area contributed by atoms with E-state index in [0.717, 1.165) is 36.0 Å². The van der Waals surface area contributed by atoms with Crippen molar-refractivity contribution >= 4 is 17.5 Å². The summed E-state index contributed by atoms with van der Waals surface area (Å²) >= 11 is 0. The molecular weight excluding hydrogens is 312 g/mol. The molecule has 0 aliphatic carbocycles. The zero-order valence-electron chi connectivity index (χ0n) is 14.5. The Labute approximate surface area is 148 Å². The van der Waals surface area contributed by atoms with E-state index in [1.807, 2.05) is 68.7 Å². The third-order valence-electron chi connectivity index (χ3n) is 3.54. The van der Waals surface area contributed by atoms with E-state index < -0.39 is 0 Å². The van der Waals surface area contributed by atoms with Crippen LogP contribution in [-0.4, -0.2) is 47.0 Å². The molecule has 0 saturated heterocycles. The van der Waals surface area contributed by atoms with Crippen LogP contribution in [0, 0.1) is 0 Å². The molecule has 0 spiro atoms. The van der Waals surface area contributed by atoms with E-state index in [9.17, 15) is 0 Å². The fourth-order valence-electron chi connectivity index (χ4n) is 2.30. The lowest BCUT2D eigenvalue weighted by Crippen LogP contribution is -2.21. The van der Waals surface area contributed by atoms with Gasteiger partial charge in [-0.05, 0) is 38.4 Å². The maximum Gasteiger partial charge on any atom is 0.225 e. The molecule has 0 fully saturated rings. The minimum Gasteiger partial charge on any atom is -0.353 e. The molecule has 2 heterocycles. The molecule has 0 saturated carbocycles. The lowest BCUT2D eigenvalue weighted by Gasteiger charge is -2.13.